The van der Waals surface area contributed by atoms with Gasteiger partial charge < -0.3 is 15.4 Å². The van der Waals surface area contributed by atoms with Gasteiger partial charge in [0.15, 0.2) is 6.61 Å². The number of anilines is 2. The summed E-state index contributed by atoms with van der Waals surface area (Å²) >= 11 is 0. The predicted molar refractivity (Wildman–Crippen MR) is 90.3 cm³/mol. The van der Waals surface area contributed by atoms with E-state index in [1.807, 2.05) is 6.07 Å². The minimum Gasteiger partial charge on any atom is -0.456 e. The van der Waals surface area contributed by atoms with E-state index in [0.29, 0.717) is 11.4 Å². The van der Waals surface area contributed by atoms with Gasteiger partial charge in [-0.15, -0.1) is 0 Å². The molecule has 0 saturated carbocycles. The summed E-state index contributed by atoms with van der Waals surface area (Å²) in [4.78, 5) is 34.9. The summed E-state index contributed by atoms with van der Waals surface area (Å²) < 4.78 is 17.6. The molecule has 7 heteroatoms. The molecule has 2 N–H and O–H groups in total. The molecule has 0 fully saturated rings. The molecule has 0 atom stereocenters. The highest BCUT2D eigenvalue weighted by molar-refractivity contribution is 5.94. The van der Waals surface area contributed by atoms with E-state index in [0.717, 1.165) is 0 Å². The number of carbonyl (C=O) groups is 3. The molecule has 0 aromatic heterocycles. The third kappa shape index (κ3) is 6.82. The van der Waals surface area contributed by atoms with Gasteiger partial charge in [0, 0.05) is 17.8 Å². The SMILES string of the molecule is O=C(CCC(=O)OCC(=O)Nc1ccccc1)Nc1ccc(F)cc1. The molecule has 0 aliphatic heterocycles. The van der Waals surface area contributed by atoms with Crippen LogP contribution >= 0.6 is 0 Å². The fourth-order valence-electron chi connectivity index (χ4n) is 1.91. The minimum absolute atomic E-state index is 0.101. The standard InChI is InChI=1S/C18H17FN2O4/c19-13-6-8-15(9-7-13)20-16(22)10-11-18(24)25-12-17(23)21-14-4-2-1-3-5-14/h1-9H,10-12H2,(H,20,22)(H,21,23). The molecule has 2 aromatic carbocycles. The number of esters is 1. The third-order valence-corrected chi connectivity index (χ3v) is 3.11. The highest BCUT2D eigenvalue weighted by Crippen LogP contribution is 2.09. The number of hydrogen-bond acceptors (Lipinski definition) is 4. The number of carbonyl (C=O) groups excluding carboxylic acids is 3. The first-order valence-corrected chi connectivity index (χ1v) is 7.59. The average molecular weight is 344 g/mol. The Hall–Kier alpha value is -3.22. The summed E-state index contributed by atoms with van der Waals surface area (Å²) in [6.45, 7) is -0.423. The Bertz CT molecular complexity index is 733. The van der Waals surface area contributed by atoms with E-state index in [1.165, 1.54) is 24.3 Å². The van der Waals surface area contributed by atoms with Crippen LogP contribution in [0, 0.1) is 5.82 Å². The van der Waals surface area contributed by atoms with Gasteiger partial charge in [0.2, 0.25) is 5.91 Å². The van der Waals surface area contributed by atoms with Crippen molar-refractivity contribution < 1.29 is 23.5 Å². The summed E-state index contributed by atoms with van der Waals surface area (Å²) in [5, 5.41) is 5.10. The van der Waals surface area contributed by atoms with Gasteiger partial charge in [0.1, 0.15) is 5.82 Å². The smallest absolute Gasteiger partial charge is 0.306 e. The van der Waals surface area contributed by atoms with Crippen molar-refractivity contribution in [2.24, 2.45) is 0 Å². The molecular formula is C18H17FN2O4. The number of nitrogens with one attached hydrogen (secondary N) is 2. The lowest BCUT2D eigenvalue weighted by Gasteiger charge is -2.07. The number of amides is 2. The summed E-state index contributed by atoms with van der Waals surface area (Å²) in [5.41, 5.74) is 1.03. The predicted octanol–water partition coefficient (Wildman–Crippen LogP) is 2.73. The number of benzene rings is 2. The molecule has 2 rings (SSSR count). The monoisotopic (exact) mass is 344 g/mol. The van der Waals surface area contributed by atoms with Gasteiger partial charge in [0.05, 0.1) is 6.42 Å². The first kappa shape index (κ1) is 18.1. The molecule has 0 aliphatic carbocycles. The number of ether oxygens (including phenoxy) is 1. The molecule has 0 radical (unpaired) electrons. The number of para-hydroxylation sites is 1. The molecule has 0 saturated heterocycles. The number of hydrogen-bond donors (Lipinski definition) is 2. The Kier molecular flexibility index (Phi) is 6.65. The van der Waals surface area contributed by atoms with E-state index >= 15 is 0 Å². The van der Waals surface area contributed by atoms with Gasteiger partial charge in [-0.05, 0) is 36.4 Å². The van der Waals surface area contributed by atoms with Gasteiger partial charge in [-0.2, -0.15) is 0 Å². The van der Waals surface area contributed by atoms with E-state index in [1.54, 1.807) is 24.3 Å². The van der Waals surface area contributed by atoms with Crippen molar-refractivity contribution in [2.45, 2.75) is 12.8 Å². The van der Waals surface area contributed by atoms with E-state index in [9.17, 15) is 18.8 Å². The third-order valence-electron chi connectivity index (χ3n) is 3.11. The summed E-state index contributed by atoms with van der Waals surface area (Å²) in [6, 6.07) is 14.0. The Morgan fingerprint density at radius 1 is 0.800 bits per heavy atom. The van der Waals surface area contributed by atoms with Crippen LogP contribution < -0.4 is 10.6 Å². The summed E-state index contributed by atoms with van der Waals surface area (Å²) in [5.74, 6) is -1.93. The van der Waals surface area contributed by atoms with Crippen LogP contribution in [0.25, 0.3) is 0 Å². The normalized spacial score (nSPS) is 9.96. The van der Waals surface area contributed by atoms with Gasteiger partial charge in [-0.25, -0.2) is 4.39 Å². The summed E-state index contributed by atoms with van der Waals surface area (Å²) in [6.07, 6.45) is -0.262. The Balaban J connectivity index is 1.65. The van der Waals surface area contributed by atoms with Crippen LogP contribution in [-0.2, 0) is 19.1 Å². The van der Waals surface area contributed by atoms with Crippen LogP contribution in [0.3, 0.4) is 0 Å². The lowest BCUT2D eigenvalue weighted by molar-refractivity contribution is -0.147. The van der Waals surface area contributed by atoms with E-state index in [2.05, 4.69) is 10.6 Å². The molecule has 0 spiro atoms. The summed E-state index contributed by atoms with van der Waals surface area (Å²) in [7, 11) is 0. The van der Waals surface area contributed by atoms with Crippen LogP contribution in [0.5, 0.6) is 0 Å². The van der Waals surface area contributed by atoms with Crippen molar-refractivity contribution >= 4 is 29.2 Å². The molecule has 0 unspecified atom stereocenters. The molecular weight excluding hydrogens is 327 g/mol. The minimum atomic E-state index is -0.655. The Morgan fingerprint density at radius 2 is 1.40 bits per heavy atom. The Labute approximate surface area is 144 Å². The van der Waals surface area contributed by atoms with Crippen molar-refractivity contribution in [1.82, 2.24) is 0 Å². The second kappa shape index (κ2) is 9.17. The maximum atomic E-state index is 12.8. The molecule has 6 nitrogen and oxygen atoms in total. The lowest BCUT2D eigenvalue weighted by Crippen LogP contribution is -2.21. The molecule has 0 aliphatic rings. The van der Waals surface area contributed by atoms with Crippen molar-refractivity contribution in [3.8, 4) is 0 Å². The van der Waals surface area contributed by atoms with Gasteiger partial charge in [0.25, 0.3) is 5.91 Å². The van der Waals surface area contributed by atoms with Crippen molar-refractivity contribution in [2.75, 3.05) is 17.2 Å². The van der Waals surface area contributed by atoms with E-state index in [4.69, 9.17) is 4.74 Å². The maximum absolute atomic E-state index is 12.8. The first-order chi connectivity index (χ1) is 12.0. The molecule has 2 aromatic rings. The molecule has 25 heavy (non-hydrogen) atoms. The fraction of sp³-hybridized carbons (Fsp3) is 0.167. The lowest BCUT2D eigenvalue weighted by atomic mass is 10.2. The molecule has 0 bridgehead atoms. The molecule has 0 heterocycles. The highest BCUT2D eigenvalue weighted by Gasteiger charge is 2.11. The van der Waals surface area contributed by atoms with Gasteiger partial charge >= 0.3 is 5.97 Å². The quantitative estimate of drug-likeness (QED) is 0.757. The van der Waals surface area contributed by atoms with Gasteiger partial charge in [-0.1, -0.05) is 18.2 Å². The largest absolute Gasteiger partial charge is 0.456 e. The van der Waals surface area contributed by atoms with Crippen molar-refractivity contribution in [3.63, 3.8) is 0 Å². The zero-order valence-electron chi connectivity index (χ0n) is 13.3. The van der Waals surface area contributed by atoms with Crippen molar-refractivity contribution in [1.29, 1.82) is 0 Å². The van der Waals surface area contributed by atoms with E-state index in [-0.39, 0.29) is 12.8 Å². The zero-order chi connectivity index (χ0) is 18.1. The topological polar surface area (TPSA) is 84.5 Å². The number of rotatable bonds is 7. The van der Waals surface area contributed by atoms with E-state index < -0.39 is 30.2 Å². The zero-order valence-corrected chi connectivity index (χ0v) is 13.3. The molecule has 2 amide bonds. The second-order valence-electron chi connectivity index (χ2n) is 5.13. The van der Waals surface area contributed by atoms with Crippen LogP contribution in [-0.4, -0.2) is 24.4 Å². The van der Waals surface area contributed by atoms with Crippen LogP contribution in [0.1, 0.15) is 12.8 Å². The van der Waals surface area contributed by atoms with Gasteiger partial charge in [-0.3, -0.25) is 14.4 Å². The van der Waals surface area contributed by atoms with Crippen LogP contribution in [0.15, 0.2) is 54.6 Å². The number of halogens is 1. The highest BCUT2D eigenvalue weighted by atomic mass is 19.1. The maximum Gasteiger partial charge on any atom is 0.306 e. The Morgan fingerprint density at radius 3 is 2.08 bits per heavy atom. The second-order valence-corrected chi connectivity index (χ2v) is 5.13. The van der Waals surface area contributed by atoms with Crippen molar-refractivity contribution in [3.05, 3.63) is 60.4 Å². The van der Waals surface area contributed by atoms with Crippen LogP contribution in [0.4, 0.5) is 15.8 Å². The first-order valence-electron chi connectivity index (χ1n) is 7.59. The van der Waals surface area contributed by atoms with Crippen LogP contribution in [0.2, 0.25) is 0 Å². The fourth-order valence-corrected chi connectivity index (χ4v) is 1.91. The average Bonchev–Trinajstić information content (AvgIpc) is 2.61. The molecule has 130 valence electrons.